The molecule has 2 aromatic carbocycles. The van der Waals surface area contributed by atoms with Crippen molar-refractivity contribution in [3.05, 3.63) is 75.7 Å². The van der Waals surface area contributed by atoms with Crippen LogP contribution in [0.3, 0.4) is 0 Å². The van der Waals surface area contributed by atoms with E-state index in [2.05, 4.69) is 4.98 Å². The molecule has 1 saturated carbocycles. The SMILES string of the molecule is CO.COc1ccc(-c2nc3sc4c(C=O)c(C(F)F)ccc4c3c(=O)n2Cc2cnco2)c(C2CC2)c1. The third kappa shape index (κ3) is 4.37. The summed E-state index contributed by atoms with van der Waals surface area (Å²) in [5.74, 6) is 1.94. The molecule has 0 radical (unpaired) electrons. The lowest BCUT2D eigenvalue weighted by molar-refractivity contribution is 0.111. The molecule has 0 atom stereocenters. The number of aliphatic hydroxyl groups is 1. The van der Waals surface area contributed by atoms with Crippen molar-refractivity contribution in [3.63, 3.8) is 0 Å². The summed E-state index contributed by atoms with van der Waals surface area (Å²) in [6.07, 6.45) is 2.47. The highest BCUT2D eigenvalue weighted by atomic mass is 32.1. The highest BCUT2D eigenvalue weighted by Crippen LogP contribution is 2.46. The second kappa shape index (κ2) is 10.4. The molecule has 8 nitrogen and oxygen atoms in total. The van der Waals surface area contributed by atoms with Gasteiger partial charge in [-0.15, -0.1) is 11.3 Å². The Morgan fingerprint density at radius 3 is 2.68 bits per heavy atom. The Morgan fingerprint density at radius 2 is 2.05 bits per heavy atom. The third-order valence-electron chi connectivity index (χ3n) is 6.50. The van der Waals surface area contributed by atoms with Crippen molar-refractivity contribution in [3.8, 4) is 17.1 Å². The number of oxazole rings is 1. The summed E-state index contributed by atoms with van der Waals surface area (Å²) in [5.41, 5.74) is 0.991. The van der Waals surface area contributed by atoms with Crippen LogP contribution in [0.25, 0.3) is 31.7 Å². The predicted octanol–water partition coefficient (Wildman–Crippen LogP) is 5.56. The minimum absolute atomic E-state index is 0.0836. The highest BCUT2D eigenvalue weighted by Gasteiger charge is 2.30. The fraction of sp³-hybridized carbons (Fsp3) is 0.259. The number of benzene rings is 2. The Hall–Kier alpha value is -3.96. The van der Waals surface area contributed by atoms with E-state index in [1.165, 1.54) is 29.3 Å². The normalized spacial score (nSPS) is 13.1. The van der Waals surface area contributed by atoms with Gasteiger partial charge < -0.3 is 14.3 Å². The number of hydrogen-bond donors (Lipinski definition) is 1. The van der Waals surface area contributed by atoms with E-state index in [4.69, 9.17) is 19.2 Å². The van der Waals surface area contributed by atoms with Gasteiger partial charge in [-0.25, -0.2) is 18.7 Å². The lowest BCUT2D eigenvalue weighted by Crippen LogP contribution is -2.24. The van der Waals surface area contributed by atoms with Crippen LogP contribution in [0, 0.1) is 0 Å². The summed E-state index contributed by atoms with van der Waals surface area (Å²) < 4.78 is 39.8. The predicted molar refractivity (Wildman–Crippen MR) is 139 cm³/mol. The van der Waals surface area contributed by atoms with E-state index in [0.717, 1.165) is 42.4 Å². The number of aliphatic hydroxyl groups excluding tert-OH is 1. The molecule has 0 unspecified atom stereocenters. The molecule has 11 heteroatoms. The van der Waals surface area contributed by atoms with Crippen LogP contribution in [0.4, 0.5) is 8.78 Å². The van der Waals surface area contributed by atoms with E-state index in [9.17, 15) is 18.4 Å². The van der Waals surface area contributed by atoms with Crippen LogP contribution in [-0.2, 0) is 6.54 Å². The maximum absolute atomic E-state index is 14.0. The van der Waals surface area contributed by atoms with Crippen LogP contribution in [0.1, 0.15) is 52.4 Å². The van der Waals surface area contributed by atoms with E-state index >= 15 is 0 Å². The maximum Gasteiger partial charge on any atom is 0.264 e. The summed E-state index contributed by atoms with van der Waals surface area (Å²) in [6, 6.07) is 8.34. The van der Waals surface area contributed by atoms with Gasteiger partial charge >= 0.3 is 0 Å². The minimum atomic E-state index is -2.81. The molecule has 0 saturated heterocycles. The van der Waals surface area contributed by atoms with E-state index in [0.29, 0.717) is 44.5 Å². The quantitative estimate of drug-likeness (QED) is 0.270. The summed E-state index contributed by atoms with van der Waals surface area (Å²) in [6.45, 7) is 0.0836. The molecule has 3 aromatic heterocycles. The Kier molecular flexibility index (Phi) is 7.04. The van der Waals surface area contributed by atoms with Crippen LogP contribution >= 0.6 is 11.3 Å². The molecule has 0 aliphatic heterocycles. The molecule has 196 valence electrons. The van der Waals surface area contributed by atoms with E-state index in [1.807, 2.05) is 18.2 Å². The Morgan fingerprint density at radius 1 is 1.26 bits per heavy atom. The first-order chi connectivity index (χ1) is 18.5. The molecule has 3 heterocycles. The number of thiophene rings is 1. The molecule has 1 aliphatic rings. The molecule has 38 heavy (non-hydrogen) atoms. The number of hydrogen-bond acceptors (Lipinski definition) is 8. The second-order valence-electron chi connectivity index (χ2n) is 8.67. The van der Waals surface area contributed by atoms with E-state index in [-0.39, 0.29) is 28.6 Å². The van der Waals surface area contributed by atoms with Crippen molar-refractivity contribution < 1.29 is 27.8 Å². The summed E-state index contributed by atoms with van der Waals surface area (Å²) in [7, 11) is 2.60. The fourth-order valence-electron chi connectivity index (χ4n) is 4.60. The average molecular weight is 540 g/mol. The molecule has 0 amide bonds. The number of aromatic nitrogens is 3. The van der Waals surface area contributed by atoms with Crippen LogP contribution in [-0.4, -0.2) is 40.1 Å². The number of nitrogens with zero attached hydrogens (tertiary/aromatic N) is 3. The lowest BCUT2D eigenvalue weighted by Gasteiger charge is -2.15. The minimum Gasteiger partial charge on any atom is -0.497 e. The zero-order chi connectivity index (χ0) is 27.0. The van der Waals surface area contributed by atoms with Crippen molar-refractivity contribution in [2.75, 3.05) is 14.2 Å². The number of methoxy groups -OCH3 is 1. The number of alkyl halides is 2. The first-order valence-corrected chi connectivity index (χ1v) is 12.6. The van der Waals surface area contributed by atoms with Crippen LogP contribution in [0.5, 0.6) is 5.75 Å². The van der Waals surface area contributed by atoms with Crippen LogP contribution < -0.4 is 10.3 Å². The summed E-state index contributed by atoms with van der Waals surface area (Å²) in [5, 5.41) is 7.71. The van der Waals surface area contributed by atoms with Crippen LogP contribution in [0.15, 0.2) is 52.1 Å². The molecule has 0 bridgehead atoms. The van der Waals surface area contributed by atoms with Gasteiger partial charge in [0, 0.05) is 33.9 Å². The number of carbonyl (C=O) groups excluding carboxylic acids is 1. The first-order valence-electron chi connectivity index (χ1n) is 11.7. The zero-order valence-corrected chi connectivity index (χ0v) is 21.3. The zero-order valence-electron chi connectivity index (χ0n) is 20.5. The van der Waals surface area contributed by atoms with Gasteiger partial charge in [-0.1, -0.05) is 12.1 Å². The smallest absolute Gasteiger partial charge is 0.264 e. The maximum atomic E-state index is 14.0. The van der Waals surface area contributed by atoms with Gasteiger partial charge in [0.2, 0.25) is 0 Å². The molecule has 1 aliphatic carbocycles. The van der Waals surface area contributed by atoms with Gasteiger partial charge in [-0.3, -0.25) is 14.2 Å². The standard InChI is InChI=1S/C26H19F2N3O4S.CH4O/c1-34-14-4-5-17(19(8-14)13-2-3-13)24-30-25-21(26(33)31(24)10-15-9-29-12-35-15)18-7-6-16(23(27)28)20(11-32)22(18)36-25;1-2/h4-9,11-13,23H,2-3,10H2,1H3;2H,1H3. The number of rotatable bonds is 7. The van der Waals surface area contributed by atoms with Gasteiger partial charge in [0.25, 0.3) is 12.0 Å². The molecular formula is C27H23F2N3O5S. The van der Waals surface area contributed by atoms with Crippen molar-refractivity contribution in [1.29, 1.82) is 0 Å². The van der Waals surface area contributed by atoms with E-state index < -0.39 is 6.43 Å². The second-order valence-corrected chi connectivity index (χ2v) is 9.67. The number of ether oxygens (including phenoxy) is 1. The number of fused-ring (bicyclic) bond motifs is 3. The molecular weight excluding hydrogens is 516 g/mol. The van der Waals surface area contributed by atoms with Gasteiger partial charge in [0.1, 0.15) is 22.2 Å². The van der Waals surface area contributed by atoms with Crippen molar-refractivity contribution in [1.82, 2.24) is 14.5 Å². The van der Waals surface area contributed by atoms with Crippen molar-refractivity contribution >= 4 is 37.9 Å². The van der Waals surface area contributed by atoms with Crippen LogP contribution in [0.2, 0.25) is 0 Å². The average Bonchev–Trinajstić information content (AvgIpc) is 3.52. The van der Waals surface area contributed by atoms with Gasteiger partial charge in [0.05, 0.1) is 25.2 Å². The molecule has 5 aromatic rings. The number of carbonyl (C=O) groups is 1. The monoisotopic (exact) mass is 539 g/mol. The Labute approximate surface area is 219 Å². The van der Waals surface area contributed by atoms with Gasteiger partial charge in [-0.2, -0.15) is 0 Å². The lowest BCUT2D eigenvalue weighted by atomic mass is 10.0. The largest absolute Gasteiger partial charge is 0.497 e. The van der Waals surface area contributed by atoms with Gasteiger partial charge in [-0.05, 0) is 42.5 Å². The molecule has 1 fully saturated rings. The topological polar surface area (TPSA) is 107 Å². The van der Waals surface area contributed by atoms with E-state index in [1.54, 1.807) is 7.11 Å². The molecule has 6 rings (SSSR count). The molecule has 1 N–H and O–H groups in total. The Balaban J connectivity index is 0.00000144. The first kappa shape index (κ1) is 25.7. The third-order valence-corrected chi connectivity index (χ3v) is 7.63. The molecule has 0 spiro atoms. The fourth-order valence-corrected chi connectivity index (χ4v) is 5.78. The highest BCUT2D eigenvalue weighted by molar-refractivity contribution is 7.25. The summed E-state index contributed by atoms with van der Waals surface area (Å²) in [4.78, 5) is 35.0. The van der Waals surface area contributed by atoms with Crippen molar-refractivity contribution in [2.45, 2.75) is 31.7 Å². The summed E-state index contributed by atoms with van der Waals surface area (Å²) >= 11 is 1.07. The number of aldehydes is 1. The van der Waals surface area contributed by atoms with Crippen molar-refractivity contribution in [2.24, 2.45) is 0 Å². The number of halogens is 2. The van der Waals surface area contributed by atoms with Gasteiger partial charge in [0.15, 0.2) is 12.7 Å². The Bertz CT molecular complexity index is 1690.